The fourth-order valence-electron chi connectivity index (χ4n) is 2.54. The number of hydrogen-bond acceptors (Lipinski definition) is 4. The second kappa shape index (κ2) is 7.65. The van der Waals surface area contributed by atoms with Crippen LogP contribution in [-0.4, -0.2) is 31.8 Å². The number of carbonyl (C=O) groups is 1. The van der Waals surface area contributed by atoms with Gasteiger partial charge in [-0.25, -0.2) is 4.79 Å². The van der Waals surface area contributed by atoms with Crippen LogP contribution in [-0.2, 0) is 6.42 Å². The van der Waals surface area contributed by atoms with E-state index in [0.29, 0.717) is 13.0 Å². The molecule has 0 aliphatic carbocycles. The monoisotopic (exact) mass is 315 g/mol. The smallest absolute Gasteiger partial charge is 0.335 e. The predicted octanol–water partition coefficient (Wildman–Crippen LogP) is 2.69. The first kappa shape index (κ1) is 16.8. The lowest BCUT2D eigenvalue weighted by Crippen LogP contribution is -2.16. The number of methoxy groups -OCH3 is 2. The molecule has 0 aliphatic heterocycles. The number of carboxylic acids is 1. The SMILES string of the molecule is COc1ccc(C(CN)Cc2ccc(C(=O)O)cc2)c(OC)c1. The summed E-state index contributed by atoms with van der Waals surface area (Å²) in [6, 6.07) is 12.5. The van der Waals surface area contributed by atoms with Crippen LogP contribution in [0.5, 0.6) is 11.5 Å². The van der Waals surface area contributed by atoms with Gasteiger partial charge in [0.1, 0.15) is 11.5 Å². The minimum Gasteiger partial charge on any atom is -0.497 e. The van der Waals surface area contributed by atoms with Gasteiger partial charge in [0.2, 0.25) is 0 Å². The molecule has 1 atom stereocenters. The lowest BCUT2D eigenvalue weighted by Gasteiger charge is -2.19. The number of aromatic carboxylic acids is 1. The molecule has 0 spiro atoms. The topological polar surface area (TPSA) is 81.8 Å². The first-order valence-electron chi connectivity index (χ1n) is 7.33. The summed E-state index contributed by atoms with van der Waals surface area (Å²) in [5.74, 6) is 0.615. The van der Waals surface area contributed by atoms with Crippen molar-refractivity contribution in [3.05, 3.63) is 59.2 Å². The molecule has 23 heavy (non-hydrogen) atoms. The highest BCUT2D eigenvalue weighted by Crippen LogP contribution is 2.32. The molecule has 0 bridgehead atoms. The van der Waals surface area contributed by atoms with E-state index in [4.69, 9.17) is 20.3 Å². The molecule has 0 radical (unpaired) electrons. The van der Waals surface area contributed by atoms with Crippen molar-refractivity contribution >= 4 is 5.97 Å². The van der Waals surface area contributed by atoms with Crippen LogP contribution >= 0.6 is 0 Å². The fraction of sp³-hybridized carbons (Fsp3) is 0.278. The van der Waals surface area contributed by atoms with Gasteiger partial charge in [-0.15, -0.1) is 0 Å². The van der Waals surface area contributed by atoms with Gasteiger partial charge in [-0.05, 0) is 42.3 Å². The van der Waals surface area contributed by atoms with E-state index < -0.39 is 5.97 Å². The lowest BCUT2D eigenvalue weighted by atomic mass is 9.91. The van der Waals surface area contributed by atoms with Crippen LogP contribution in [0.2, 0.25) is 0 Å². The molecule has 0 amide bonds. The Labute approximate surface area is 135 Å². The maximum absolute atomic E-state index is 10.9. The largest absolute Gasteiger partial charge is 0.497 e. The minimum atomic E-state index is -0.927. The van der Waals surface area contributed by atoms with Crippen LogP contribution < -0.4 is 15.2 Å². The van der Waals surface area contributed by atoms with Crippen molar-refractivity contribution in [2.24, 2.45) is 5.73 Å². The number of benzene rings is 2. The summed E-state index contributed by atoms with van der Waals surface area (Å²) in [5.41, 5.74) is 8.26. The zero-order valence-electron chi connectivity index (χ0n) is 13.3. The molecule has 2 rings (SSSR count). The highest BCUT2D eigenvalue weighted by Gasteiger charge is 2.16. The van der Waals surface area contributed by atoms with Crippen LogP contribution in [0.1, 0.15) is 27.4 Å². The van der Waals surface area contributed by atoms with Crippen molar-refractivity contribution in [2.75, 3.05) is 20.8 Å². The molecule has 0 saturated heterocycles. The van der Waals surface area contributed by atoms with E-state index in [1.807, 2.05) is 30.3 Å². The molecule has 0 fully saturated rings. The van der Waals surface area contributed by atoms with Gasteiger partial charge in [0.15, 0.2) is 0 Å². The summed E-state index contributed by atoms with van der Waals surface area (Å²) in [7, 11) is 3.23. The van der Waals surface area contributed by atoms with Crippen LogP contribution in [0.25, 0.3) is 0 Å². The molecule has 0 heterocycles. The van der Waals surface area contributed by atoms with Crippen molar-refractivity contribution < 1.29 is 19.4 Å². The molecule has 0 aromatic heterocycles. The standard InChI is InChI=1S/C18H21NO4/c1-22-15-7-8-16(17(10-15)23-2)14(11-19)9-12-3-5-13(6-4-12)18(20)21/h3-8,10,14H,9,11,19H2,1-2H3,(H,20,21). The Morgan fingerprint density at radius 2 is 1.83 bits per heavy atom. The van der Waals surface area contributed by atoms with Gasteiger partial charge in [0.25, 0.3) is 0 Å². The summed E-state index contributed by atoms with van der Waals surface area (Å²) in [5, 5.41) is 8.95. The van der Waals surface area contributed by atoms with Gasteiger partial charge in [-0.3, -0.25) is 0 Å². The number of carboxylic acid groups (broad SMARTS) is 1. The summed E-state index contributed by atoms with van der Waals surface area (Å²) in [6.45, 7) is 0.462. The Balaban J connectivity index is 2.24. The van der Waals surface area contributed by atoms with Crippen LogP contribution in [0.15, 0.2) is 42.5 Å². The molecular weight excluding hydrogens is 294 g/mol. The maximum atomic E-state index is 10.9. The van der Waals surface area contributed by atoms with Crippen molar-refractivity contribution in [1.29, 1.82) is 0 Å². The van der Waals surface area contributed by atoms with E-state index in [1.54, 1.807) is 26.4 Å². The second-order valence-corrected chi connectivity index (χ2v) is 5.25. The molecule has 0 saturated carbocycles. The number of rotatable bonds is 7. The average Bonchev–Trinajstić information content (AvgIpc) is 2.59. The number of ether oxygens (including phenoxy) is 2. The lowest BCUT2D eigenvalue weighted by molar-refractivity contribution is 0.0697. The third-order valence-corrected chi connectivity index (χ3v) is 3.85. The Bertz CT molecular complexity index is 667. The molecule has 2 aromatic carbocycles. The van der Waals surface area contributed by atoms with Crippen LogP contribution in [0, 0.1) is 0 Å². The van der Waals surface area contributed by atoms with E-state index in [9.17, 15) is 4.79 Å². The quantitative estimate of drug-likeness (QED) is 0.821. The molecule has 0 aliphatic rings. The Morgan fingerprint density at radius 1 is 1.13 bits per heavy atom. The van der Waals surface area contributed by atoms with Gasteiger partial charge < -0.3 is 20.3 Å². The fourth-order valence-corrected chi connectivity index (χ4v) is 2.54. The molecule has 3 N–H and O–H groups in total. The molecule has 5 heteroatoms. The molecule has 1 unspecified atom stereocenters. The van der Waals surface area contributed by atoms with Crippen LogP contribution in [0.4, 0.5) is 0 Å². The molecular formula is C18H21NO4. The van der Waals surface area contributed by atoms with Crippen molar-refractivity contribution in [1.82, 2.24) is 0 Å². The average molecular weight is 315 g/mol. The van der Waals surface area contributed by atoms with E-state index in [-0.39, 0.29) is 11.5 Å². The predicted molar refractivity (Wildman–Crippen MR) is 88.4 cm³/mol. The summed E-state index contributed by atoms with van der Waals surface area (Å²) < 4.78 is 10.7. The first-order chi connectivity index (χ1) is 11.1. The van der Waals surface area contributed by atoms with Gasteiger partial charge in [0, 0.05) is 12.0 Å². The summed E-state index contributed by atoms with van der Waals surface area (Å²) in [6.07, 6.45) is 0.707. The van der Waals surface area contributed by atoms with E-state index in [1.165, 1.54) is 0 Å². The van der Waals surface area contributed by atoms with E-state index in [2.05, 4.69) is 0 Å². The number of hydrogen-bond donors (Lipinski definition) is 2. The van der Waals surface area contributed by atoms with Gasteiger partial charge >= 0.3 is 5.97 Å². The minimum absolute atomic E-state index is 0.0755. The summed E-state index contributed by atoms with van der Waals surface area (Å²) in [4.78, 5) is 10.9. The normalized spacial score (nSPS) is 11.8. The zero-order chi connectivity index (χ0) is 16.8. The highest BCUT2D eigenvalue weighted by atomic mass is 16.5. The second-order valence-electron chi connectivity index (χ2n) is 5.25. The van der Waals surface area contributed by atoms with Crippen LogP contribution in [0.3, 0.4) is 0 Å². The first-order valence-corrected chi connectivity index (χ1v) is 7.33. The molecule has 5 nitrogen and oxygen atoms in total. The Hall–Kier alpha value is -2.53. The number of nitrogens with two attached hydrogens (primary N) is 1. The highest BCUT2D eigenvalue weighted by molar-refractivity contribution is 5.87. The molecule has 2 aromatic rings. The zero-order valence-corrected chi connectivity index (χ0v) is 13.3. The Morgan fingerprint density at radius 3 is 2.35 bits per heavy atom. The third-order valence-electron chi connectivity index (χ3n) is 3.85. The van der Waals surface area contributed by atoms with Crippen molar-refractivity contribution in [2.45, 2.75) is 12.3 Å². The van der Waals surface area contributed by atoms with Gasteiger partial charge in [0.05, 0.1) is 19.8 Å². The van der Waals surface area contributed by atoms with E-state index >= 15 is 0 Å². The third kappa shape index (κ3) is 4.02. The summed E-state index contributed by atoms with van der Waals surface area (Å²) >= 11 is 0. The molecule has 122 valence electrons. The van der Waals surface area contributed by atoms with Gasteiger partial charge in [-0.2, -0.15) is 0 Å². The Kier molecular flexibility index (Phi) is 5.60. The maximum Gasteiger partial charge on any atom is 0.335 e. The van der Waals surface area contributed by atoms with Crippen molar-refractivity contribution in [3.8, 4) is 11.5 Å². The van der Waals surface area contributed by atoms with E-state index in [0.717, 1.165) is 22.6 Å². The van der Waals surface area contributed by atoms with Crippen molar-refractivity contribution in [3.63, 3.8) is 0 Å². The van der Waals surface area contributed by atoms with Gasteiger partial charge in [-0.1, -0.05) is 18.2 Å².